The number of rotatable bonds is 4. The summed E-state index contributed by atoms with van der Waals surface area (Å²) in [5.74, 6) is 0.337. The van der Waals surface area contributed by atoms with E-state index in [2.05, 4.69) is 4.98 Å². The predicted octanol–water partition coefficient (Wildman–Crippen LogP) is 3.29. The molecule has 2 aromatic carbocycles. The van der Waals surface area contributed by atoms with Gasteiger partial charge in [-0.15, -0.1) is 0 Å². The summed E-state index contributed by atoms with van der Waals surface area (Å²) in [5, 5.41) is 0.915. The van der Waals surface area contributed by atoms with Gasteiger partial charge >= 0.3 is 5.97 Å². The molecule has 0 radical (unpaired) electrons. The number of nitrogen functional groups attached to an aromatic ring is 1. The lowest BCUT2D eigenvalue weighted by Gasteiger charge is -2.04. The molecule has 0 spiro atoms. The van der Waals surface area contributed by atoms with Gasteiger partial charge in [-0.25, -0.2) is 0 Å². The minimum Gasteiger partial charge on any atom is -0.424 e. The Hall–Kier alpha value is -2.75. The Balaban J connectivity index is 1.62. The Morgan fingerprint density at radius 2 is 1.86 bits per heavy atom. The van der Waals surface area contributed by atoms with Crippen LogP contribution in [-0.2, 0) is 11.2 Å². The minimum absolute atomic E-state index is 0.239. The predicted molar refractivity (Wildman–Crippen MR) is 83.1 cm³/mol. The van der Waals surface area contributed by atoms with Crippen molar-refractivity contribution in [2.45, 2.75) is 12.8 Å². The fourth-order valence-corrected chi connectivity index (χ4v) is 2.23. The number of para-hydroxylation sites is 1. The van der Waals surface area contributed by atoms with E-state index < -0.39 is 0 Å². The van der Waals surface area contributed by atoms with E-state index in [1.54, 1.807) is 6.20 Å². The van der Waals surface area contributed by atoms with Crippen molar-refractivity contribution in [1.82, 2.24) is 4.98 Å². The van der Waals surface area contributed by atoms with E-state index in [1.165, 1.54) is 0 Å². The molecule has 0 saturated carbocycles. The van der Waals surface area contributed by atoms with Crippen molar-refractivity contribution < 1.29 is 9.53 Å². The molecule has 0 unspecified atom stereocenters. The molecule has 4 nitrogen and oxygen atoms in total. The molecule has 0 fully saturated rings. The third-order valence-corrected chi connectivity index (χ3v) is 3.37. The summed E-state index contributed by atoms with van der Waals surface area (Å²) in [4.78, 5) is 15.0. The van der Waals surface area contributed by atoms with Gasteiger partial charge in [0.15, 0.2) is 5.75 Å². The van der Waals surface area contributed by atoms with E-state index in [9.17, 15) is 4.79 Å². The van der Waals surface area contributed by atoms with Crippen LogP contribution in [0.2, 0.25) is 0 Å². The first-order chi connectivity index (χ1) is 10.2. The number of aryl methyl sites for hydroxylation is 1. The molecule has 0 saturated heterocycles. The zero-order valence-corrected chi connectivity index (χ0v) is 11.5. The molecule has 4 heteroatoms. The highest BCUT2D eigenvalue weighted by atomic mass is 16.5. The Morgan fingerprint density at radius 1 is 1.10 bits per heavy atom. The van der Waals surface area contributed by atoms with Crippen molar-refractivity contribution in [2.24, 2.45) is 0 Å². The average molecular weight is 280 g/mol. The van der Waals surface area contributed by atoms with Crippen LogP contribution in [0, 0.1) is 0 Å². The molecular formula is C17H16N2O2. The van der Waals surface area contributed by atoms with Gasteiger partial charge in [-0.05, 0) is 36.2 Å². The van der Waals surface area contributed by atoms with Crippen molar-refractivity contribution in [3.63, 3.8) is 0 Å². The summed E-state index contributed by atoms with van der Waals surface area (Å²) in [6, 6.07) is 15.2. The van der Waals surface area contributed by atoms with Gasteiger partial charge in [0.1, 0.15) is 0 Å². The molecule has 0 aliphatic rings. The molecule has 3 aromatic rings. The van der Waals surface area contributed by atoms with Crippen molar-refractivity contribution in [1.29, 1.82) is 0 Å². The van der Waals surface area contributed by atoms with Crippen LogP contribution in [0.1, 0.15) is 12.0 Å². The summed E-state index contributed by atoms with van der Waals surface area (Å²) < 4.78 is 5.42. The lowest BCUT2D eigenvalue weighted by atomic mass is 10.1. The zero-order chi connectivity index (χ0) is 14.7. The summed E-state index contributed by atoms with van der Waals surface area (Å²) in [5.41, 5.74) is 8.38. The van der Waals surface area contributed by atoms with Crippen LogP contribution in [0.15, 0.2) is 54.7 Å². The lowest BCUT2D eigenvalue weighted by Crippen LogP contribution is -2.08. The number of ether oxygens (including phenoxy) is 1. The molecule has 3 rings (SSSR count). The topological polar surface area (TPSA) is 68.1 Å². The van der Waals surface area contributed by atoms with Gasteiger partial charge in [0, 0.05) is 29.2 Å². The van der Waals surface area contributed by atoms with Gasteiger partial charge in [-0.2, -0.15) is 0 Å². The SMILES string of the molecule is Nc1ccc(CCC(=O)Oc2c[nH]c3ccccc23)cc1. The number of hydrogen-bond donors (Lipinski definition) is 2. The van der Waals surface area contributed by atoms with E-state index in [1.807, 2.05) is 48.5 Å². The number of esters is 1. The highest BCUT2D eigenvalue weighted by Crippen LogP contribution is 2.25. The van der Waals surface area contributed by atoms with Crippen LogP contribution in [-0.4, -0.2) is 11.0 Å². The Labute approximate surface area is 122 Å². The van der Waals surface area contributed by atoms with E-state index in [-0.39, 0.29) is 5.97 Å². The summed E-state index contributed by atoms with van der Waals surface area (Å²) >= 11 is 0. The number of aromatic amines is 1. The normalized spacial score (nSPS) is 10.7. The number of benzene rings is 2. The zero-order valence-electron chi connectivity index (χ0n) is 11.5. The quantitative estimate of drug-likeness (QED) is 0.569. The molecule has 106 valence electrons. The van der Waals surface area contributed by atoms with E-state index >= 15 is 0 Å². The largest absolute Gasteiger partial charge is 0.424 e. The van der Waals surface area contributed by atoms with Crippen LogP contribution >= 0.6 is 0 Å². The van der Waals surface area contributed by atoms with Gasteiger partial charge in [0.25, 0.3) is 0 Å². The van der Waals surface area contributed by atoms with Crippen LogP contribution in [0.3, 0.4) is 0 Å². The van der Waals surface area contributed by atoms with Gasteiger partial charge in [-0.1, -0.05) is 24.3 Å². The van der Waals surface area contributed by atoms with Gasteiger partial charge in [0.05, 0.1) is 0 Å². The molecular weight excluding hydrogens is 264 g/mol. The molecule has 0 amide bonds. The second-order valence-electron chi connectivity index (χ2n) is 4.91. The Kier molecular flexibility index (Phi) is 3.60. The molecule has 0 aliphatic carbocycles. The molecule has 0 atom stereocenters. The number of hydrogen-bond acceptors (Lipinski definition) is 3. The summed E-state index contributed by atoms with van der Waals surface area (Å²) in [6.07, 6.45) is 2.69. The smallest absolute Gasteiger partial charge is 0.311 e. The fourth-order valence-electron chi connectivity index (χ4n) is 2.23. The average Bonchev–Trinajstić information content (AvgIpc) is 2.90. The number of anilines is 1. The van der Waals surface area contributed by atoms with Crippen LogP contribution in [0.4, 0.5) is 5.69 Å². The summed E-state index contributed by atoms with van der Waals surface area (Å²) in [7, 11) is 0. The van der Waals surface area contributed by atoms with Crippen molar-refractivity contribution >= 4 is 22.6 Å². The molecule has 1 heterocycles. The van der Waals surface area contributed by atoms with Gasteiger partial charge in [0.2, 0.25) is 0 Å². The van der Waals surface area contributed by atoms with Crippen molar-refractivity contribution in [3.8, 4) is 5.75 Å². The number of nitrogens with one attached hydrogen (secondary N) is 1. The van der Waals surface area contributed by atoms with Crippen LogP contribution in [0.25, 0.3) is 10.9 Å². The molecule has 21 heavy (non-hydrogen) atoms. The van der Waals surface area contributed by atoms with Crippen molar-refractivity contribution in [2.75, 3.05) is 5.73 Å². The first-order valence-corrected chi connectivity index (χ1v) is 6.83. The third-order valence-electron chi connectivity index (χ3n) is 3.37. The highest BCUT2D eigenvalue weighted by molar-refractivity contribution is 5.88. The molecule has 0 bridgehead atoms. The van der Waals surface area contributed by atoms with E-state index in [0.29, 0.717) is 18.6 Å². The second kappa shape index (κ2) is 5.71. The first-order valence-electron chi connectivity index (χ1n) is 6.83. The molecule has 3 N–H and O–H groups in total. The fraction of sp³-hybridized carbons (Fsp3) is 0.118. The Bertz CT molecular complexity index is 760. The highest BCUT2D eigenvalue weighted by Gasteiger charge is 2.09. The van der Waals surface area contributed by atoms with E-state index in [0.717, 1.165) is 22.2 Å². The standard InChI is InChI=1S/C17H16N2O2/c18-13-8-5-12(6-9-13)7-10-17(20)21-16-11-19-15-4-2-1-3-14(15)16/h1-6,8-9,11,19H,7,10,18H2. The van der Waals surface area contributed by atoms with E-state index in [4.69, 9.17) is 10.5 Å². The van der Waals surface area contributed by atoms with Crippen molar-refractivity contribution in [3.05, 3.63) is 60.3 Å². The van der Waals surface area contributed by atoms with Gasteiger partial charge < -0.3 is 15.5 Å². The number of carbonyl (C=O) groups is 1. The first kappa shape index (κ1) is 13.2. The summed E-state index contributed by atoms with van der Waals surface area (Å²) in [6.45, 7) is 0. The van der Waals surface area contributed by atoms with Crippen LogP contribution in [0.5, 0.6) is 5.75 Å². The third kappa shape index (κ3) is 3.05. The number of aromatic nitrogens is 1. The minimum atomic E-state index is -0.239. The lowest BCUT2D eigenvalue weighted by molar-refractivity contribution is -0.134. The molecule has 0 aliphatic heterocycles. The number of fused-ring (bicyclic) bond motifs is 1. The number of nitrogens with two attached hydrogens (primary N) is 1. The van der Waals surface area contributed by atoms with Crippen LogP contribution < -0.4 is 10.5 Å². The maximum atomic E-state index is 11.9. The van der Waals surface area contributed by atoms with Gasteiger partial charge in [-0.3, -0.25) is 4.79 Å². The molecule has 1 aromatic heterocycles. The number of carbonyl (C=O) groups excluding carboxylic acids is 1. The monoisotopic (exact) mass is 280 g/mol. The number of H-pyrrole nitrogens is 1. The second-order valence-corrected chi connectivity index (χ2v) is 4.91. The maximum Gasteiger partial charge on any atom is 0.311 e. The Morgan fingerprint density at radius 3 is 2.67 bits per heavy atom. The maximum absolute atomic E-state index is 11.9.